The fraction of sp³-hybridized carbons (Fsp3) is 0.237. The van der Waals surface area contributed by atoms with E-state index in [1.807, 2.05) is 12.1 Å². The summed E-state index contributed by atoms with van der Waals surface area (Å²) in [4.78, 5) is 37.7. The third-order valence-corrected chi connectivity index (χ3v) is 10.3. The molecule has 0 spiro atoms. The largest absolute Gasteiger partial charge is 0.465 e. The highest BCUT2D eigenvalue weighted by molar-refractivity contribution is 5.96. The minimum absolute atomic E-state index is 0.00107. The van der Waals surface area contributed by atoms with Crippen LogP contribution < -0.4 is 9.47 Å². The van der Waals surface area contributed by atoms with Crippen molar-refractivity contribution in [3.05, 3.63) is 117 Å². The normalized spacial score (nSPS) is 21.2. The predicted octanol–water partition coefficient (Wildman–Crippen LogP) is 7.59. The number of esters is 3. The lowest BCUT2D eigenvalue weighted by Crippen LogP contribution is -2.18. The highest BCUT2D eigenvalue weighted by atomic mass is 16.5. The summed E-state index contributed by atoms with van der Waals surface area (Å²) < 4.78 is 17.3. The second-order valence-corrected chi connectivity index (χ2v) is 12.5. The standard InChI is InChI=1S/C38H28O6/c1-17(39)43-36-32-28-15-29(25-12-20-7-5-4-6-19(20)11-24(25)28)33(32)37(44-18(2)40)35-31-16-30(34(35)36)26-13-21-8-9-22(38(41)42-3)10-23(21)14-27(26)31/h4-14,28-31H,15-16H2,1-3H3/t28-,29+,30+,31-/m0/s1. The average Bonchev–Trinajstić information content (AvgIpc) is 3.78. The molecule has 0 amide bonds. The van der Waals surface area contributed by atoms with Crippen molar-refractivity contribution < 1.29 is 28.6 Å². The van der Waals surface area contributed by atoms with Crippen molar-refractivity contribution in [1.29, 1.82) is 0 Å². The van der Waals surface area contributed by atoms with E-state index >= 15 is 0 Å². The summed E-state index contributed by atoms with van der Waals surface area (Å²) in [6.07, 6.45) is 1.66. The van der Waals surface area contributed by atoms with Crippen molar-refractivity contribution in [3.8, 4) is 11.5 Å². The van der Waals surface area contributed by atoms with E-state index in [9.17, 15) is 14.4 Å². The molecule has 4 bridgehead atoms. The zero-order chi connectivity index (χ0) is 30.0. The molecule has 0 saturated carbocycles. The SMILES string of the molecule is COC(=O)c1ccc2cc3c(cc2c1)[C@@H]1C[C@H]3c2c(OC(C)=O)c3c(c(OC(C)=O)c21)[C@@H]1C[C@H]3c2cc3ccccc3cc21. The minimum Gasteiger partial charge on any atom is -0.465 e. The van der Waals surface area contributed by atoms with E-state index in [2.05, 4.69) is 48.5 Å². The summed E-state index contributed by atoms with van der Waals surface area (Å²) in [7, 11) is 1.38. The Morgan fingerprint density at radius 2 is 0.977 bits per heavy atom. The van der Waals surface area contributed by atoms with Crippen LogP contribution >= 0.6 is 0 Å². The van der Waals surface area contributed by atoms with Crippen molar-refractivity contribution in [3.63, 3.8) is 0 Å². The topological polar surface area (TPSA) is 78.9 Å². The summed E-state index contributed by atoms with van der Waals surface area (Å²) >= 11 is 0. The molecule has 44 heavy (non-hydrogen) atoms. The van der Waals surface area contributed by atoms with Gasteiger partial charge in [-0.1, -0.05) is 54.6 Å². The Kier molecular flexibility index (Phi) is 5.10. The van der Waals surface area contributed by atoms with E-state index in [0.717, 1.165) is 51.4 Å². The number of ether oxygens (including phenoxy) is 3. The number of rotatable bonds is 3. The van der Waals surface area contributed by atoms with Gasteiger partial charge < -0.3 is 14.2 Å². The van der Waals surface area contributed by atoms with E-state index < -0.39 is 0 Å². The number of carbonyl (C=O) groups excluding carboxylic acids is 3. The Hall–Kier alpha value is -4.97. The predicted molar refractivity (Wildman–Crippen MR) is 165 cm³/mol. The lowest BCUT2D eigenvalue weighted by molar-refractivity contribution is -0.133. The Balaban J connectivity index is 1.30. The number of fused-ring (bicyclic) bond motifs is 18. The molecular formula is C38H28O6. The first kappa shape index (κ1) is 25.5. The first-order valence-corrected chi connectivity index (χ1v) is 15.1. The lowest BCUT2D eigenvalue weighted by Gasteiger charge is -2.31. The van der Waals surface area contributed by atoms with Gasteiger partial charge in [0.25, 0.3) is 0 Å². The summed E-state index contributed by atoms with van der Waals surface area (Å²) in [5.41, 5.74) is 9.31. The summed E-state index contributed by atoms with van der Waals surface area (Å²) in [5.74, 6) is 0.279. The molecule has 0 saturated heterocycles. The van der Waals surface area contributed by atoms with Gasteiger partial charge in [0.1, 0.15) is 11.5 Å². The van der Waals surface area contributed by atoms with Gasteiger partial charge in [-0.3, -0.25) is 9.59 Å². The van der Waals surface area contributed by atoms with Gasteiger partial charge >= 0.3 is 17.9 Å². The molecular weight excluding hydrogens is 552 g/mol. The van der Waals surface area contributed by atoms with E-state index in [1.165, 1.54) is 48.4 Å². The Morgan fingerprint density at radius 3 is 1.39 bits per heavy atom. The average molecular weight is 581 g/mol. The third kappa shape index (κ3) is 3.28. The molecule has 9 rings (SSSR count). The number of benzene rings is 5. The summed E-state index contributed by atoms with van der Waals surface area (Å²) in [6.45, 7) is 2.91. The van der Waals surface area contributed by atoms with Crippen LogP contribution in [0.3, 0.4) is 0 Å². The van der Waals surface area contributed by atoms with Gasteiger partial charge in [0.15, 0.2) is 0 Å². The second kappa shape index (κ2) is 8.79. The van der Waals surface area contributed by atoms with Crippen LogP contribution in [0.25, 0.3) is 21.5 Å². The third-order valence-electron chi connectivity index (χ3n) is 10.3. The number of methoxy groups -OCH3 is 1. The molecule has 4 aliphatic rings. The Labute approximate surface area is 253 Å². The zero-order valence-corrected chi connectivity index (χ0v) is 24.5. The molecule has 0 aromatic heterocycles. The van der Waals surface area contributed by atoms with Crippen LogP contribution in [0.4, 0.5) is 0 Å². The molecule has 5 aromatic carbocycles. The zero-order valence-electron chi connectivity index (χ0n) is 24.5. The number of carbonyl (C=O) groups is 3. The van der Waals surface area contributed by atoms with Crippen LogP contribution in [-0.4, -0.2) is 25.0 Å². The maximum atomic E-state index is 12.7. The molecule has 0 aliphatic heterocycles. The quantitative estimate of drug-likeness (QED) is 0.162. The van der Waals surface area contributed by atoms with Crippen LogP contribution in [0.15, 0.2) is 66.7 Å². The van der Waals surface area contributed by atoms with Crippen molar-refractivity contribution in [2.75, 3.05) is 7.11 Å². The Morgan fingerprint density at radius 1 is 0.568 bits per heavy atom. The highest BCUT2D eigenvalue weighted by Crippen LogP contribution is 2.69. The fourth-order valence-electron chi connectivity index (χ4n) is 8.80. The second-order valence-electron chi connectivity index (χ2n) is 12.5. The molecule has 4 atom stereocenters. The molecule has 0 N–H and O–H groups in total. The van der Waals surface area contributed by atoms with Crippen molar-refractivity contribution in [1.82, 2.24) is 0 Å². The number of hydrogen-bond donors (Lipinski definition) is 0. The van der Waals surface area contributed by atoms with Gasteiger partial charge in [-0.15, -0.1) is 0 Å². The van der Waals surface area contributed by atoms with Gasteiger partial charge in [-0.25, -0.2) is 4.79 Å². The molecule has 0 radical (unpaired) electrons. The van der Waals surface area contributed by atoms with Gasteiger partial charge in [0, 0.05) is 59.8 Å². The maximum Gasteiger partial charge on any atom is 0.337 e. The van der Waals surface area contributed by atoms with E-state index in [-0.39, 0.29) is 41.6 Å². The maximum absolute atomic E-state index is 12.7. The van der Waals surface area contributed by atoms with Crippen molar-refractivity contribution >= 4 is 39.5 Å². The van der Waals surface area contributed by atoms with Crippen LogP contribution in [0.5, 0.6) is 11.5 Å². The van der Waals surface area contributed by atoms with Gasteiger partial charge in [-0.05, 0) is 68.8 Å². The molecule has 0 heterocycles. The molecule has 6 nitrogen and oxygen atoms in total. The van der Waals surface area contributed by atoms with Gasteiger partial charge in [-0.2, -0.15) is 0 Å². The van der Waals surface area contributed by atoms with Crippen molar-refractivity contribution in [2.24, 2.45) is 0 Å². The molecule has 0 unspecified atom stereocenters. The molecule has 216 valence electrons. The molecule has 5 aromatic rings. The smallest absolute Gasteiger partial charge is 0.337 e. The first-order chi connectivity index (χ1) is 21.3. The monoisotopic (exact) mass is 580 g/mol. The highest BCUT2D eigenvalue weighted by Gasteiger charge is 2.53. The van der Waals surface area contributed by atoms with Gasteiger partial charge in [0.05, 0.1) is 12.7 Å². The van der Waals surface area contributed by atoms with Crippen LogP contribution in [0, 0.1) is 0 Å². The van der Waals surface area contributed by atoms with E-state index in [0.29, 0.717) is 17.1 Å². The Bertz CT molecular complexity index is 2170. The first-order valence-electron chi connectivity index (χ1n) is 15.1. The summed E-state index contributed by atoms with van der Waals surface area (Å²) in [6, 6.07) is 22.9. The number of hydrogen-bond acceptors (Lipinski definition) is 6. The van der Waals surface area contributed by atoms with E-state index in [4.69, 9.17) is 14.2 Å². The lowest BCUT2D eigenvalue weighted by atomic mass is 9.76. The molecule has 4 aliphatic carbocycles. The summed E-state index contributed by atoms with van der Waals surface area (Å²) in [5, 5.41) is 4.35. The van der Waals surface area contributed by atoms with Crippen LogP contribution in [0.2, 0.25) is 0 Å². The van der Waals surface area contributed by atoms with Gasteiger partial charge in [0.2, 0.25) is 0 Å². The minimum atomic E-state index is -0.374. The van der Waals surface area contributed by atoms with Crippen molar-refractivity contribution in [2.45, 2.75) is 50.4 Å². The van der Waals surface area contributed by atoms with E-state index in [1.54, 1.807) is 6.07 Å². The van der Waals surface area contributed by atoms with Crippen LogP contribution in [-0.2, 0) is 14.3 Å². The molecule has 0 fully saturated rings. The molecule has 6 heteroatoms. The fourth-order valence-corrected chi connectivity index (χ4v) is 8.80. The van der Waals surface area contributed by atoms with Crippen LogP contribution in [0.1, 0.15) is 105 Å².